The van der Waals surface area contributed by atoms with Gasteiger partial charge in [-0.1, -0.05) is 29.8 Å². The molecule has 1 heterocycles. The SMILES string of the molecule is Cc1nn(-c2ccccc2)c(Cl)c1C(=O)N(CC(F)(F)F)[C@H](C)C1CC1. The van der Waals surface area contributed by atoms with Gasteiger partial charge in [0.15, 0.2) is 0 Å². The highest BCUT2D eigenvalue weighted by Gasteiger charge is 2.42. The van der Waals surface area contributed by atoms with Gasteiger partial charge in [0.05, 0.1) is 16.9 Å². The fourth-order valence-corrected chi connectivity index (χ4v) is 3.41. The number of benzene rings is 1. The van der Waals surface area contributed by atoms with Crippen molar-refractivity contribution in [1.82, 2.24) is 14.7 Å². The van der Waals surface area contributed by atoms with Crippen LogP contribution in [-0.4, -0.2) is 39.4 Å². The third kappa shape index (κ3) is 3.87. The monoisotopic (exact) mass is 385 g/mol. The molecule has 1 fully saturated rings. The lowest BCUT2D eigenvalue weighted by atomic mass is 10.1. The normalized spacial score (nSPS) is 15.8. The van der Waals surface area contributed by atoms with E-state index in [1.807, 2.05) is 6.07 Å². The van der Waals surface area contributed by atoms with Crippen molar-refractivity contribution in [2.45, 2.75) is 38.9 Å². The molecule has 1 aliphatic carbocycles. The summed E-state index contributed by atoms with van der Waals surface area (Å²) in [7, 11) is 0. The lowest BCUT2D eigenvalue weighted by molar-refractivity contribution is -0.144. The molecular weight excluding hydrogens is 367 g/mol. The Morgan fingerprint density at radius 3 is 2.50 bits per heavy atom. The van der Waals surface area contributed by atoms with Crippen LogP contribution in [0.4, 0.5) is 13.2 Å². The highest BCUT2D eigenvalue weighted by atomic mass is 35.5. The molecule has 2 aromatic rings. The Kier molecular flexibility index (Phi) is 5.01. The zero-order valence-electron chi connectivity index (χ0n) is 14.4. The molecule has 3 rings (SSSR count). The number of halogens is 4. The van der Waals surface area contributed by atoms with Gasteiger partial charge >= 0.3 is 6.18 Å². The van der Waals surface area contributed by atoms with Crippen LogP contribution < -0.4 is 0 Å². The highest BCUT2D eigenvalue weighted by Crippen LogP contribution is 2.37. The van der Waals surface area contributed by atoms with E-state index in [2.05, 4.69) is 5.10 Å². The summed E-state index contributed by atoms with van der Waals surface area (Å²) in [6, 6.07) is 8.41. The maximum absolute atomic E-state index is 13.0. The van der Waals surface area contributed by atoms with Gasteiger partial charge in [0.25, 0.3) is 5.91 Å². The first-order valence-corrected chi connectivity index (χ1v) is 8.75. The predicted octanol–water partition coefficient (Wildman–Crippen LogP) is 4.64. The van der Waals surface area contributed by atoms with Crippen LogP contribution in [0.1, 0.15) is 35.8 Å². The zero-order valence-corrected chi connectivity index (χ0v) is 15.2. The first-order valence-electron chi connectivity index (χ1n) is 8.37. The summed E-state index contributed by atoms with van der Waals surface area (Å²) < 4.78 is 40.5. The fourth-order valence-electron chi connectivity index (χ4n) is 3.05. The third-order valence-corrected chi connectivity index (χ3v) is 4.97. The van der Waals surface area contributed by atoms with Gasteiger partial charge in [-0.3, -0.25) is 4.79 Å². The summed E-state index contributed by atoms with van der Waals surface area (Å²) in [6.07, 6.45) is -2.81. The van der Waals surface area contributed by atoms with Gasteiger partial charge in [-0.2, -0.15) is 18.3 Å². The molecule has 0 unspecified atom stereocenters. The van der Waals surface area contributed by atoms with Crippen molar-refractivity contribution in [2.24, 2.45) is 5.92 Å². The molecule has 0 aliphatic heterocycles. The standard InChI is InChI=1S/C18H19ClF3N3O/c1-11-15(16(19)25(23-11)14-6-4-3-5-7-14)17(26)24(10-18(20,21)22)12(2)13-8-9-13/h3-7,12-13H,8-10H2,1-2H3/t12-/m1/s1. The Labute approximate surface area is 154 Å². The number of amides is 1. The van der Waals surface area contributed by atoms with Crippen molar-refractivity contribution >= 4 is 17.5 Å². The number of aryl methyl sites for hydroxylation is 1. The molecule has 0 saturated heterocycles. The number of para-hydroxylation sites is 1. The average molecular weight is 386 g/mol. The summed E-state index contributed by atoms with van der Waals surface area (Å²) in [4.78, 5) is 13.8. The van der Waals surface area contributed by atoms with E-state index in [0.29, 0.717) is 11.4 Å². The number of carbonyl (C=O) groups excluding carboxylic acids is 1. The quantitative estimate of drug-likeness (QED) is 0.752. The van der Waals surface area contributed by atoms with Crippen molar-refractivity contribution in [3.8, 4) is 5.69 Å². The summed E-state index contributed by atoms with van der Waals surface area (Å²) in [5, 5.41) is 4.28. The summed E-state index contributed by atoms with van der Waals surface area (Å²) >= 11 is 6.35. The van der Waals surface area contributed by atoms with Crippen LogP contribution in [0.15, 0.2) is 30.3 Å². The van der Waals surface area contributed by atoms with Crippen LogP contribution in [-0.2, 0) is 0 Å². The number of rotatable bonds is 5. The van der Waals surface area contributed by atoms with Gasteiger partial charge in [0.2, 0.25) is 0 Å². The first kappa shape index (κ1) is 18.8. The van der Waals surface area contributed by atoms with E-state index in [0.717, 1.165) is 17.7 Å². The Hall–Kier alpha value is -2.02. The molecule has 26 heavy (non-hydrogen) atoms. The smallest absolute Gasteiger partial charge is 0.326 e. The number of aromatic nitrogens is 2. The van der Waals surface area contributed by atoms with E-state index in [9.17, 15) is 18.0 Å². The van der Waals surface area contributed by atoms with Crippen LogP contribution in [0.3, 0.4) is 0 Å². The van der Waals surface area contributed by atoms with Crippen LogP contribution in [0.2, 0.25) is 5.15 Å². The Morgan fingerprint density at radius 2 is 1.96 bits per heavy atom. The van der Waals surface area contributed by atoms with Gasteiger partial charge in [-0.25, -0.2) is 4.68 Å². The minimum absolute atomic E-state index is 0.0206. The van der Waals surface area contributed by atoms with Crippen LogP contribution >= 0.6 is 11.6 Å². The average Bonchev–Trinajstić information content (AvgIpc) is 3.37. The summed E-state index contributed by atoms with van der Waals surface area (Å²) in [5.74, 6) is -0.629. The molecule has 4 nitrogen and oxygen atoms in total. The molecule has 1 aliphatic rings. The van der Waals surface area contributed by atoms with Gasteiger partial charge in [-0.15, -0.1) is 0 Å². The number of alkyl halides is 3. The molecule has 0 bridgehead atoms. The molecule has 8 heteroatoms. The lowest BCUT2D eigenvalue weighted by Crippen LogP contribution is -2.45. The van der Waals surface area contributed by atoms with E-state index in [4.69, 9.17) is 11.6 Å². The van der Waals surface area contributed by atoms with E-state index in [1.54, 1.807) is 38.1 Å². The maximum Gasteiger partial charge on any atom is 0.406 e. The van der Waals surface area contributed by atoms with Crippen molar-refractivity contribution in [2.75, 3.05) is 6.54 Å². The molecule has 1 atom stereocenters. The molecular formula is C18H19ClF3N3O. The van der Waals surface area contributed by atoms with Crippen molar-refractivity contribution < 1.29 is 18.0 Å². The van der Waals surface area contributed by atoms with Gasteiger partial charge < -0.3 is 4.90 Å². The predicted molar refractivity (Wildman–Crippen MR) is 92.6 cm³/mol. The van der Waals surface area contributed by atoms with E-state index in [1.165, 1.54) is 4.68 Å². The molecule has 0 spiro atoms. The topological polar surface area (TPSA) is 38.1 Å². The van der Waals surface area contributed by atoms with Crippen molar-refractivity contribution in [1.29, 1.82) is 0 Å². The fraction of sp³-hybridized carbons (Fsp3) is 0.444. The van der Waals surface area contributed by atoms with E-state index < -0.39 is 24.7 Å². The van der Waals surface area contributed by atoms with Crippen LogP contribution in [0.25, 0.3) is 5.69 Å². The molecule has 1 aromatic heterocycles. The molecule has 0 radical (unpaired) electrons. The minimum atomic E-state index is -4.48. The number of carbonyl (C=O) groups is 1. The number of hydrogen-bond acceptors (Lipinski definition) is 2. The molecule has 140 valence electrons. The third-order valence-electron chi connectivity index (χ3n) is 4.63. The summed E-state index contributed by atoms with van der Waals surface area (Å²) in [5.41, 5.74) is 0.962. The van der Waals surface area contributed by atoms with Crippen LogP contribution in [0.5, 0.6) is 0 Å². The first-order chi connectivity index (χ1) is 12.2. The Bertz CT molecular complexity index is 800. The van der Waals surface area contributed by atoms with Gasteiger partial charge in [-0.05, 0) is 44.7 Å². The highest BCUT2D eigenvalue weighted by molar-refractivity contribution is 6.33. The number of hydrogen-bond donors (Lipinski definition) is 0. The lowest BCUT2D eigenvalue weighted by Gasteiger charge is -2.30. The van der Waals surface area contributed by atoms with Gasteiger partial charge in [0.1, 0.15) is 11.7 Å². The van der Waals surface area contributed by atoms with Crippen molar-refractivity contribution in [3.63, 3.8) is 0 Å². The second-order valence-corrected chi connectivity index (χ2v) is 6.98. The second-order valence-electron chi connectivity index (χ2n) is 6.62. The largest absolute Gasteiger partial charge is 0.406 e. The Balaban J connectivity index is 1.98. The maximum atomic E-state index is 13.0. The molecule has 1 saturated carbocycles. The molecule has 0 N–H and O–H groups in total. The van der Waals surface area contributed by atoms with E-state index >= 15 is 0 Å². The summed E-state index contributed by atoms with van der Waals surface area (Å²) in [6.45, 7) is 1.94. The molecule has 1 aromatic carbocycles. The minimum Gasteiger partial charge on any atom is -0.326 e. The Morgan fingerprint density at radius 1 is 1.35 bits per heavy atom. The number of nitrogens with zero attached hydrogens (tertiary/aromatic N) is 3. The van der Waals surface area contributed by atoms with Crippen LogP contribution in [0, 0.1) is 12.8 Å². The second kappa shape index (κ2) is 6.95. The van der Waals surface area contributed by atoms with E-state index in [-0.39, 0.29) is 16.6 Å². The van der Waals surface area contributed by atoms with Gasteiger partial charge in [0, 0.05) is 6.04 Å². The molecule has 1 amide bonds. The van der Waals surface area contributed by atoms with Crippen molar-refractivity contribution in [3.05, 3.63) is 46.7 Å². The zero-order chi connectivity index (χ0) is 19.1.